The molecular weight excluding hydrogens is 235 g/mol. The summed E-state index contributed by atoms with van der Waals surface area (Å²) in [4.78, 5) is 4.35. The highest BCUT2D eigenvalue weighted by Crippen LogP contribution is 2.26. The van der Waals surface area contributed by atoms with Gasteiger partial charge in [0.2, 0.25) is 0 Å². The summed E-state index contributed by atoms with van der Waals surface area (Å²) in [5.74, 6) is -0.200. The molecule has 4 heteroatoms. The van der Waals surface area contributed by atoms with Gasteiger partial charge in [0.25, 0.3) is 0 Å². The van der Waals surface area contributed by atoms with Crippen LogP contribution in [0.15, 0.2) is 35.8 Å². The van der Waals surface area contributed by atoms with Crippen LogP contribution in [0.25, 0.3) is 0 Å². The standard InChI is InChI=1S/C13H15FN2S/c1-13(15-2,12-16-7-8-17-12)9-10-3-5-11(14)6-4-10/h3-8,15H,9H2,1-2H3. The van der Waals surface area contributed by atoms with Crippen molar-refractivity contribution in [3.8, 4) is 0 Å². The summed E-state index contributed by atoms with van der Waals surface area (Å²) in [5.41, 5.74) is 0.893. The van der Waals surface area contributed by atoms with Crippen LogP contribution in [0.2, 0.25) is 0 Å². The molecule has 0 bridgehead atoms. The van der Waals surface area contributed by atoms with E-state index in [0.29, 0.717) is 0 Å². The highest BCUT2D eigenvalue weighted by molar-refractivity contribution is 7.09. The molecule has 0 radical (unpaired) electrons. The Morgan fingerprint density at radius 2 is 2.06 bits per heavy atom. The highest BCUT2D eigenvalue weighted by atomic mass is 32.1. The maximum Gasteiger partial charge on any atom is 0.123 e. The van der Waals surface area contributed by atoms with Crippen LogP contribution >= 0.6 is 11.3 Å². The Labute approximate surface area is 105 Å². The summed E-state index contributed by atoms with van der Waals surface area (Å²) in [7, 11) is 1.92. The molecule has 0 aliphatic heterocycles. The Morgan fingerprint density at radius 3 is 2.59 bits per heavy atom. The van der Waals surface area contributed by atoms with Crippen molar-refractivity contribution in [1.82, 2.24) is 10.3 Å². The van der Waals surface area contributed by atoms with E-state index >= 15 is 0 Å². The summed E-state index contributed by atoms with van der Waals surface area (Å²) in [6.07, 6.45) is 2.59. The van der Waals surface area contributed by atoms with Crippen molar-refractivity contribution in [2.24, 2.45) is 0 Å². The van der Waals surface area contributed by atoms with E-state index in [2.05, 4.69) is 17.2 Å². The molecule has 0 aliphatic carbocycles. The van der Waals surface area contributed by atoms with E-state index in [-0.39, 0.29) is 11.4 Å². The maximum atomic E-state index is 12.8. The van der Waals surface area contributed by atoms with Crippen LogP contribution in [0.3, 0.4) is 0 Å². The van der Waals surface area contributed by atoms with Crippen molar-refractivity contribution in [2.75, 3.05) is 7.05 Å². The molecule has 90 valence electrons. The molecule has 2 aromatic rings. The van der Waals surface area contributed by atoms with Gasteiger partial charge in [0.15, 0.2) is 0 Å². The van der Waals surface area contributed by atoms with Gasteiger partial charge >= 0.3 is 0 Å². The van der Waals surface area contributed by atoms with Gasteiger partial charge in [0, 0.05) is 11.6 Å². The molecule has 1 heterocycles. The molecule has 0 spiro atoms. The summed E-state index contributed by atoms with van der Waals surface area (Å²) < 4.78 is 12.8. The van der Waals surface area contributed by atoms with Crippen molar-refractivity contribution in [3.63, 3.8) is 0 Å². The van der Waals surface area contributed by atoms with Crippen LogP contribution in [-0.4, -0.2) is 12.0 Å². The summed E-state index contributed by atoms with van der Waals surface area (Å²) in [6.45, 7) is 2.11. The second-order valence-electron chi connectivity index (χ2n) is 4.22. The minimum Gasteiger partial charge on any atom is -0.308 e. The number of benzene rings is 1. The van der Waals surface area contributed by atoms with Gasteiger partial charge in [-0.1, -0.05) is 12.1 Å². The van der Waals surface area contributed by atoms with Crippen molar-refractivity contribution < 1.29 is 4.39 Å². The molecular formula is C13H15FN2S. The number of halogens is 1. The van der Waals surface area contributed by atoms with Gasteiger partial charge < -0.3 is 5.32 Å². The van der Waals surface area contributed by atoms with Crippen molar-refractivity contribution in [2.45, 2.75) is 18.9 Å². The Bertz CT molecular complexity index is 467. The molecule has 1 aromatic heterocycles. The molecule has 0 saturated heterocycles. The zero-order valence-electron chi connectivity index (χ0n) is 9.90. The Balaban J connectivity index is 2.23. The van der Waals surface area contributed by atoms with Crippen LogP contribution in [0.4, 0.5) is 4.39 Å². The van der Waals surface area contributed by atoms with Crippen LogP contribution in [0, 0.1) is 5.82 Å². The highest BCUT2D eigenvalue weighted by Gasteiger charge is 2.27. The van der Waals surface area contributed by atoms with Crippen molar-refractivity contribution in [3.05, 3.63) is 52.2 Å². The van der Waals surface area contributed by atoms with Gasteiger partial charge in [-0.05, 0) is 38.1 Å². The second-order valence-corrected chi connectivity index (χ2v) is 5.12. The summed E-state index contributed by atoms with van der Waals surface area (Å²) in [6, 6.07) is 6.62. The largest absolute Gasteiger partial charge is 0.308 e. The maximum absolute atomic E-state index is 12.8. The molecule has 1 unspecified atom stereocenters. The molecule has 1 N–H and O–H groups in total. The predicted octanol–water partition coefficient (Wildman–Crippen LogP) is 2.96. The fourth-order valence-electron chi connectivity index (χ4n) is 1.78. The third-order valence-electron chi connectivity index (χ3n) is 2.93. The van der Waals surface area contributed by atoms with E-state index in [4.69, 9.17) is 0 Å². The van der Waals surface area contributed by atoms with E-state index in [1.165, 1.54) is 12.1 Å². The van der Waals surface area contributed by atoms with Crippen LogP contribution in [-0.2, 0) is 12.0 Å². The first-order valence-corrected chi connectivity index (χ1v) is 6.35. The van der Waals surface area contributed by atoms with Gasteiger partial charge in [0.05, 0.1) is 5.54 Å². The van der Waals surface area contributed by atoms with Gasteiger partial charge in [-0.3, -0.25) is 0 Å². The number of likely N-dealkylation sites (N-methyl/N-ethyl adjacent to an activating group) is 1. The first-order valence-electron chi connectivity index (χ1n) is 5.47. The van der Waals surface area contributed by atoms with E-state index in [1.807, 2.05) is 24.6 Å². The quantitative estimate of drug-likeness (QED) is 0.902. The number of thiazole rings is 1. The normalized spacial score (nSPS) is 14.5. The SMILES string of the molecule is CNC(C)(Cc1ccc(F)cc1)c1nccs1. The topological polar surface area (TPSA) is 24.9 Å². The van der Waals surface area contributed by atoms with Crippen LogP contribution < -0.4 is 5.32 Å². The number of aromatic nitrogens is 1. The number of nitrogens with one attached hydrogen (secondary N) is 1. The van der Waals surface area contributed by atoms with Crippen molar-refractivity contribution in [1.29, 1.82) is 0 Å². The molecule has 0 amide bonds. The minimum atomic E-state index is -0.202. The molecule has 2 rings (SSSR count). The molecule has 2 nitrogen and oxygen atoms in total. The smallest absolute Gasteiger partial charge is 0.123 e. The van der Waals surface area contributed by atoms with E-state index < -0.39 is 0 Å². The van der Waals surface area contributed by atoms with E-state index in [9.17, 15) is 4.39 Å². The van der Waals surface area contributed by atoms with Crippen LogP contribution in [0.5, 0.6) is 0 Å². The Kier molecular flexibility index (Phi) is 3.54. The molecule has 0 fully saturated rings. The lowest BCUT2D eigenvalue weighted by atomic mass is 9.93. The fraction of sp³-hybridized carbons (Fsp3) is 0.308. The first kappa shape index (κ1) is 12.2. The van der Waals surface area contributed by atoms with Gasteiger partial charge in [-0.25, -0.2) is 9.37 Å². The second kappa shape index (κ2) is 4.94. The average Bonchev–Trinajstić information content (AvgIpc) is 2.86. The molecule has 1 aromatic carbocycles. The average molecular weight is 250 g/mol. The lowest BCUT2D eigenvalue weighted by molar-refractivity contribution is 0.395. The lowest BCUT2D eigenvalue weighted by Gasteiger charge is -2.27. The lowest BCUT2D eigenvalue weighted by Crippen LogP contribution is -2.38. The third-order valence-corrected chi connectivity index (χ3v) is 3.96. The first-order chi connectivity index (χ1) is 8.14. The van der Waals surface area contributed by atoms with Gasteiger partial charge in [-0.15, -0.1) is 11.3 Å². The molecule has 0 saturated carbocycles. The van der Waals surface area contributed by atoms with Gasteiger partial charge in [-0.2, -0.15) is 0 Å². The van der Waals surface area contributed by atoms with Gasteiger partial charge in [0.1, 0.15) is 10.8 Å². The number of rotatable bonds is 4. The number of hydrogen-bond acceptors (Lipinski definition) is 3. The Hall–Kier alpha value is -1.26. The predicted molar refractivity (Wildman–Crippen MR) is 68.6 cm³/mol. The fourth-order valence-corrected chi connectivity index (χ4v) is 2.58. The number of nitrogens with zero attached hydrogens (tertiary/aromatic N) is 1. The minimum absolute atomic E-state index is 0.200. The van der Waals surface area contributed by atoms with Crippen LogP contribution in [0.1, 0.15) is 17.5 Å². The third kappa shape index (κ3) is 2.70. The van der Waals surface area contributed by atoms with Crippen molar-refractivity contribution >= 4 is 11.3 Å². The molecule has 0 aliphatic rings. The van der Waals surface area contributed by atoms with E-state index in [1.54, 1.807) is 17.5 Å². The zero-order chi connectivity index (χ0) is 12.3. The summed E-state index contributed by atoms with van der Waals surface area (Å²) >= 11 is 1.63. The number of hydrogen-bond donors (Lipinski definition) is 1. The van der Waals surface area contributed by atoms with E-state index in [0.717, 1.165) is 17.0 Å². The summed E-state index contributed by atoms with van der Waals surface area (Å²) in [5, 5.41) is 6.31. The molecule has 17 heavy (non-hydrogen) atoms. The zero-order valence-corrected chi connectivity index (χ0v) is 10.7. The monoisotopic (exact) mass is 250 g/mol. The molecule has 1 atom stereocenters. The Morgan fingerprint density at radius 1 is 1.35 bits per heavy atom.